The fourth-order valence-corrected chi connectivity index (χ4v) is 2.42. The van der Waals surface area contributed by atoms with E-state index in [1.54, 1.807) is 0 Å². The molecular formula is C14H21NO. The maximum Gasteiger partial charge on any atom is 0.0566 e. The highest BCUT2D eigenvalue weighted by Crippen LogP contribution is 2.20. The summed E-state index contributed by atoms with van der Waals surface area (Å²) >= 11 is 0. The van der Waals surface area contributed by atoms with Gasteiger partial charge in [-0.2, -0.15) is 0 Å². The summed E-state index contributed by atoms with van der Waals surface area (Å²) in [4.78, 5) is 0. The average Bonchev–Trinajstić information content (AvgIpc) is 2.15. The molecule has 1 aromatic carbocycles. The molecule has 0 aliphatic carbocycles. The molecule has 2 atom stereocenters. The molecule has 16 heavy (non-hydrogen) atoms. The Balaban J connectivity index is 2.02. The first-order chi connectivity index (χ1) is 7.63. The van der Waals surface area contributed by atoms with E-state index in [0.29, 0.717) is 12.1 Å². The highest BCUT2D eigenvalue weighted by Gasteiger charge is 2.18. The molecule has 0 aromatic heterocycles. The summed E-state index contributed by atoms with van der Waals surface area (Å²) < 4.78 is 5.55. The van der Waals surface area contributed by atoms with Crippen LogP contribution in [0.15, 0.2) is 18.2 Å². The topological polar surface area (TPSA) is 21.3 Å². The number of nitrogens with one attached hydrogen (secondary N) is 1. The monoisotopic (exact) mass is 219 g/mol. The Hall–Kier alpha value is -1.02. The van der Waals surface area contributed by atoms with Crippen LogP contribution in [0.3, 0.4) is 0 Å². The maximum atomic E-state index is 5.55. The largest absolute Gasteiger partial charge is 0.382 e. The number of hydrogen-bond acceptors (Lipinski definition) is 2. The Morgan fingerprint density at radius 2 is 1.88 bits per heavy atom. The van der Waals surface area contributed by atoms with Crippen LogP contribution >= 0.6 is 0 Å². The molecule has 0 radical (unpaired) electrons. The normalized spacial score (nSPS) is 25.4. The second-order valence-corrected chi connectivity index (χ2v) is 4.92. The minimum absolute atomic E-state index is 0.386. The highest BCUT2D eigenvalue weighted by molar-refractivity contribution is 5.49. The van der Waals surface area contributed by atoms with Gasteiger partial charge in [0.2, 0.25) is 0 Å². The van der Waals surface area contributed by atoms with Gasteiger partial charge in [-0.15, -0.1) is 0 Å². The van der Waals surface area contributed by atoms with Crippen molar-refractivity contribution in [3.63, 3.8) is 0 Å². The molecule has 0 saturated carbocycles. The Kier molecular flexibility index (Phi) is 3.49. The van der Waals surface area contributed by atoms with E-state index in [2.05, 4.69) is 44.3 Å². The lowest BCUT2D eigenvalue weighted by molar-refractivity contribution is 0.0232. The number of ether oxygens (including phenoxy) is 1. The van der Waals surface area contributed by atoms with Crippen LogP contribution in [-0.2, 0) is 4.74 Å². The lowest BCUT2D eigenvalue weighted by atomic mass is 10.0. The van der Waals surface area contributed by atoms with E-state index in [0.717, 1.165) is 19.4 Å². The molecule has 1 heterocycles. The van der Waals surface area contributed by atoms with Crippen molar-refractivity contribution in [1.82, 2.24) is 0 Å². The second kappa shape index (κ2) is 4.88. The van der Waals surface area contributed by atoms with Gasteiger partial charge >= 0.3 is 0 Å². The lowest BCUT2D eigenvalue weighted by Crippen LogP contribution is -2.32. The van der Waals surface area contributed by atoms with E-state index in [1.165, 1.54) is 16.8 Å². The summed E-state index contributed by atoms with van der Waals surface area (Å²) in [7, 11) is 0. The van der Waals surface area contributed by atoms with Crippen molar-refractivity contribution < 1.29 is 4.74 Å². The fourth-order valence-electron chi connectivity index (χ4n) is 2.42. The third kappa shape index (κ3) is 2.99. The van der Waals surface area contributed by atoms with E-state index in [-0.39, 0.29) is 0 Å². The van der Waals surface area contributed by atoms with E-state index >= 15 is 0 Å². The number of aryl methyl sites for hydroxylation is 2. The molecule has 1 aliphatic rings. The Labute approximate surface area is 98.0 Å². The second-order valence-electron chi connectivity index (χ2n) is 4.92. The molecule has 1 aromatic rings. The number of benzene rings is 1. The summed E-state index contributed by atoms with van der Waals surface area (Å²) in [5.41, 5.74) is 3.89. The van der Waals surface area contributed by atoms with Crippen molar-refractivity contribution in [2.24, 2.45) is 0 Å². The summed E-state index contributed by atoms with van der Waals surface area (Å²) in [6, 6.07) is 7.20. The van der Waals surface area contributed by atoms with Crippen molar-refractivity contribution in [1.29, 1.82) is 0 Å². The molecule has 2 unspecified atom stereocenters. The molecule has 1 fully saturated rings. The maximum absolute atomic E-state index is 5.55. The summed E-state index contributed by atoms with van der Waals surface area (Å²) in [6.07, 6.45) is 2.60. The van der Waals surface area contributed by atoms with Crippen LogP contribution in [0.4, 0.5) is 5.69 Å². The first kappa shape index (κ1) is 11.5. The van der Waals surface area contributed by atoms with Crippen molar-refractivity contribution in [2.45, 2.75) is 45.8 Å². The molecule has 0 bridgehead atoms. The molecular weight excluding hydrogens is 198 g/mol. The van der Waals surface area contributed by atoms with Gasteiger partial charge in [0.15, 0.2) is 0 Å². The van der Waals surface area contributed by atoms with Crippen molar-refractivity contribution >= 4 is 5.69 Å². The molecule has 2 nitrogen and oxygen atoms in total. The van der Waals surface area contributed by atoms with E-state index in [4.69, 9.17) is 4.74 Å². The number of hydrogen-bond donors (Lipinski definition) is 1. The molecule has 88 valence electrons. The van der Waals surface area contributed by atoms with Crippen LogP contribution < -0.4 is 5.32 Å². The van der Waals surface area contributed by atoms with Crippen LogP contribution in [0.25, 0.3) is 0 Å². The molecule has 0 spiro atoms. The van der Waals surface area contributed by atoms with Crippen LogP contribution in [0.2, 0.25) is 0 Å². The van der Waals surface area contributed by atoms with Crippen molar-refractivity contribution in [3.05, 3.63) is 29.3 Å². The summed E-state index contributed by atoms with van der Waals surface area (Å²) in [6.45, 7) is 7.31. The zero-order valence-electron chi connectivity index (χ0n) is 10.4. The minimum atomic E-state index is 0.386. The quantitative estimate of drug-likeness (QED) is 0.824. The van der Waals surface area contributed by atoms with Crippen LogP contribution in [-0.4, -0.2) is 18.8 Å². The SMILES string of the molecule is Cc1cc(C)cc(NC2CCOC(C)C2)c1. The van der Waals surface area contributed by atoms with Gasteiger partial charge in [0.05, 0.1) is 6.10 Å². The predicted octanol–water partition coefficient (Wildman–Crippen LogP) is 3.28. The zero-order chi connectivity index (χ0) is 11.5. The minimum Gasteiger partial charge on any atom is -0.382 e. The molecule has 2 rings (SSSR count). The van der Waals surface area contributed by atoms with Gasteiger partial charge in [0, 0.05) is 18.3 Å². The Bertz CT molecular complexity index is 342. The molecule has 1 aliphatic heterocycles. The van der Waals surface area contributed by atoms with Gasteiger partial charge in [-0.25, -0.2) is 0 Å². The first-order valence-corrected chi connectivity index (χ1v) is 6.10. The molecule has 1 N–H and O–H groups in total. The lowest BCUT2D eigenvalue weighted by Gasteiger charge is -2.28. The van der Waals surface area contributed by atoms with Gasteiger partial charge in [-0.05, 0) is 56.9 Å². The summed E-state index contributed by atoms with van der Waals surface area (Å²) in [5.74, 6) is 0. The van der Waals surface area contributed by atoms with Crippen LogP contribution in [0.5, 0.6) is 0 Å². The molecule has 2 heteroatoms. The van der Waals surface area contributed by atoms with E-state index in [9.17, 15) is 0 Å². The third-order valence-electron chi connectivity index (χ3n) is 3.08. The standard InChI is InChI=1S/C14H21NO/c1-10-6-11(2)8-14(7-10)15-13-4-5-16-12(3)9-13/h6-8,12-13,15H,4-5,9H2,1-3H3. The fraction of sp³-hybridized carbons (Fsp3) is 0.571. The van der Waals surface area contributed by atoms with E-state index < -0.39 is 0 Å². The number of rotatable bonds is 2. The average molecular weight is 219 g/mol. The van der Waals surface area contributed by atoms with Gasteiger partial charge in [0.1, 0.15) is 0 Å². The van der Waals surface area contributed by atoms with Crippen LogP contribution in [0.1, 0.15) is 30.9 Å². The number of anilines is 1. The predicted molar refractivity (Wildman–Crippen MR) is 68.0 cm³/mol. The van der Waals surface area contributed by atoms with Crippen molar-refractivity contribution in [3.8, 4) is 0 Å². The van der Waals surface area contributed by atoms with Gasteiger partial charge in [-0.3, -0.25) is 0 Å². The first-order valence-electron chi connectivity index (χ1n) is 6.10. The highest BCUT2D eigenvalue weighted by atomic mass is 16.5. The summed E-state index contributed by atoms with van der Waals surface area (Å²) in [5, 5.41) is 3.61. The van der Waals surface area contributed by atoms with E-state index in [1.807, 2.05) is 0 Å². The Morgan fingerprint density at radius 1 is 1.19 bits per heavy atom. The Morgan fingerprint density at radius 3 is 2.50 bits per heavy atom. The van der Waals surface area contributed by atoms with Crippen molar-refractivity contribution in [2.75, 3.05) is 11.9 Å². The zero-order valence-corrected chi connectivity index (χ0v) is 10.4. The van der Waals surface area contributed by atoms with Gasteiger partial charge in [0.25, 0.3) is 0 Å². The third-order valence-corrected chi connectivity index (χ3v) is 3.08. The van der Waals surface area contributed by atoms with Crippen LogP contribution in [0, 0.1) is 13.8 Å². The molecule has 0 amide bonds. The molecule has 1 saturated heterocycles. The smallest absolute Gasteiger partial charge is 0.0566 e. The van der Waals surface area contributed by atoms with Gasteiger partial charge < -0.3 is 10.1 Å². The van der Waals surface area contributed by atoms with Gasteiger partial charge in [-0.1, -0.05) is 6.07 Å².